The molecular formula is C19H39HfN3. The summed E-state index contributed by atoms with van der Waals surface area (Å²) in [6.07, 6.45) is 9.85. The van der Waals surface area contributed by atoms with Gasteiger partial charge >= 0.3 is 25.8 Å². The Morgan fingerprint density at radius 2 is 1.26 bits per heavy atom. The predicted molar refractivity (Wildman–Crippen MR) is 104 cm³/mol. The van der Waals surface area contributed by atoms with E-state index in [2.05, 4.69) is 54.9 Å². The monoisotopic (exact) mass is 489 g/mol. The molecule has 1 aliphatic carbocycles. The SMILES string of the molecule is CC(C)(C)CC1=[C-]CC=C1.CC[N-]C.CC[N-]C.CC[N-]C.[Hf+4]. The Balaban J connectivity index is -0.000000118. The first kappa shape index (κ1) is 31.0. The van der Waals surface area contributed by atoms with Gasteiger partial charge in [-0.3, -0.25) is 6.08 Å². The van der Waals surface area contributed by atoms with Gasteiger partial charge in [-0.05, 0) is 5.41 Å². The van der Waals surface area contributed by atoms with Crippen molar-refractivity contribution in [3.8, 4) is 0 Å². The zero-order valence-corrected chi connectivity index (χ0v) is 20.6. The maximum atomic E-state index is 3.74. The van der Waals surface area contributed by atoms with Crippen LogP contribution in [0.1, 0.15) is 54.4 Å². The minimum absolute atomic E-state index is 0. The van der Waals surface area contributed by atoms with Crippen molar-refractivity contribution in [2.75, 3.05) is 40.8 Å². The summed E-state index contributed by atoms with van der Waals surface area (Å²) in [7, 11) is 5.42. The third kappa shape index (κ3) is 39.2. The second kappa shape index (κ2) is 24.5. The fourth-order valence-corrected chi connectivity index (χ4v) is 1.14. The molecule has 0 saturated heterocycles. The van der Waals surface area contributed by atoms with E-state index in [0.717, 1.165) is 32.5 Å². The summed E-state index contributed by atoms with van der Waals surface area (Å²) in [6.45, 7) is 15.6. The smallest absolute Gasteiger partial charge is 0.665 e. The molecular weight excluding hydrogens is 449 g/mol. The summed E-state index contributed by atoms with van der Waals surface area (Å²) in [4.78, 5) is 0. The molecule has 0 aliphatic heterocycles. The van der Waals surface area contributed by atoms with Crippen LogP contribution in [0.15, 0.2) is 17.7 Å². The van der Waals surface area contributed by atoms with Gasteiger partial charge in [0.15, 0.2) is 0 Å². The van der Waals surface area contributed by atoms with Gasteiger partial charge in [0.25, 0.3) is 0 Å². The van der Waals surface area contributed by atoms with E-state index in [-0.39, 0.29) is 25.8 Å². The maximum Gasteiger partial charge on any atom is 4.00 e. The first-order valence-corrected chi connectivity index (χ1v) is 8.25. The van der Waals surface area contributed by atoms with Gasteiger partial charge in [0.2, 0.25) is 0 Å². The van der Waals surface area contributed by atoms with Crippen molar-refractivity contribution >= 4 is 0 Å². The molecule has 0 amide bonds. The first-order valence-electron chi connectivity index (χ1n) is 8.25. The van der Waals surface area contributed by atoms with Crippen LogP contribution in [0.25, 0.3) is 16.0 Å². The largest absolute Gasteiger partial charge is 4.00 e. The quantitative estimate of drug-likeness (QED) is 0.337. The zero-order chi connectivity index (χ0) is 17.9. The molecule has 0 spiro atoms. The molecule has 0 heterocycles. The molecule has 0 bridgehead atoms. The van der Waals surface area contributed by atoms with Crippen LogP contribution in [0, 0.1) is 11.5 Å². The Morgan fingerprint density at radius 3 is 1.43 bits per heavy atom. The third-order valence-corrected chi connectivity index (χ3v) is 2.44. The average molecular weight is 488 g/mol. The van der Waals surface area contributed by atoms with E-state index in [0.29, 0.717) is 5.41 Å². The zero-order valence-electron chi connectivity index (χ0n) is 17.0. The Morgan fingerprint density at radius 1 is 0.913 bits per heavy atom. The fraction of sp³-hybridized carbons (Fsp3) is 0.789. The molecule has 1 rings (SSSR count). The predicted octanol–water partition coefficient (Wildman–Crippen LogP) is 6.14. The molecule has 0 fully saturated rings. The molecule has 0 unspecified atom stereocenters. The van der Waals surface area contributed by atoms with Crippen molar-refractivity contribution in [2.45, 2.75) is 54.4 Å². The molecule has 0 saturated carbocycles. The van der Waals surface area contributed by atoms with Crippen LogP contribution < -0.4 is 0 Å². The normalized spacial score (nSPS) is 11.6. The van der Waals surface area contributed by atoms with E-state index in [1.54, 1.807) is 21.1 Å². The molecule has 0 aromatic heterocycles. The fourth-order valence-electron chi connectivity index (χ4n) is 1.14. The Hall–Kier alpha value is 0.230. The molecule has 23 heavy (non-hydrogen) atoms. The van der Waals surface area contributed by atoms with E-state index in [1.807, 2.05) is 20.8 Å². The molecule has 1 aliphatic rings. The van der Waals surface area contributed by atoms with Crippen LogP contribution in [0.5, 0.6) is 0 Å². The summed E-state index contributed by atoms with van der Waals surface area (Å²) < 4.78 is 0. The number of hydrogen-bond donors (Lipinski definition) is 0. The van der Waals surface area contributed by atoms with Crippen LogP contribution in [0.3, 0.4) is 0 Å². The Kier molecular flexibility index (Phi) is 33.0. The molecule has 0 aromatic rings. The van der Waals surface area contributed by atoms with Crippen LogP contribution in [-0.2, 0) is 25.8 Å². The van der Waals surface area contributed by atoms with Crippen molar-refractivity contribution in [2.24, 2.45) is 5.41 Å². The van der Waals surface area contributed by atoms with Crippen molar-refractivity contribution in [3.05, 3.63) is 39.8 Å². The average Bonchev–Trinajstić information content (AvgIpc) is 2.98. The minimum Gasteiger partial charge on any atom is -0.665 e. The second-order valence-electron chi connectivity index (χ2n) is 5.94. The molecule has 4 heteroatoms. The van der Waals surface area contributed by atoms with Crippen LogP contribution >= 0.6 is 0 Å². The van der Waals surface area contributed by atoms with E-state index < -0.39 is 0 Å². The molecule has 0 radical (unpaired) electrons. The van der Waals surface area contributed by atoms with Gasteiger partial charge < -0.3 is 16.0 Å². The summed E-state index contributed by atoms with van der Waals surface area (Å²) in [5, 5.41) is 11.2. The van der Waals surface area contributed by atoms with Crippen LogP contribution in [-0.4, -0.2) is 40.8 Å². The molecule has 0 aromatic carbocycles. The van der Waals surface area contributed by atoms with Gasteiger partial charge in [-0.2, -0.15) is 46.9 Å². The topological polar surface area (TPSA) is 42.3 Å². The second-order valence-corrected chi connectivity index (χ2v) is 5.94. The summed E-state index contributed by atoms with van der Waals surface area (Å²) in [5.41, 5.74) is 1.80. The van der Waals surface area contributed by atoms with Crippen molar-refractivity contribution < 1.29 is 25.8 Å². The Bertz CT molecular complexity index is 240. The van der Waals surface area contributed by atoms with Crippen molar-refractivity contribution in [3.63, 3.8) is 0 Å². The van der Waals surface area contributed by atoms with Gasteiger partial charge in [0.1, 0.15) is 0 Å². The van der Waals surface area contributed by atoms with E-state index in [9.17, 15) is 0 Å². The number of nitrogens with zero attached hydrogens (tertiary/aromatic N) is 3. The summed E-state index contributed by atoms with van der Waals surface area (Å²) >= 11 is 0. The summed E-state index contributed by atoms with van der Waals surface area (Å²) in [6, 6.07) is 0. The van der Waals surface area contributed by atoms with E-state index >= 15 is 0 Å². The number of rotatable bonds is 4. The van der Waals surface area contributed by atoms with Gasteiger partial charge in [-0.15, -0.1) is 6.42 Å². The van der Waals surface area contributed by atoms with Crippen LogP contribution in [0.2, 0.25) is 0 Å². The van der Waals surface area contributed by atoms with Gasteiger partial charge in [0, 0.05) is 0 Å². The molecule has 134 valence electrons. The standard InChI is InChI=1S/C10H15.3C3H8N.Hf/c1-10(2,3)8-9-6-4-5-7-9;3*1-3-4-2;/h4,6H,5,8H2,1-3H3;3*3H2,1-2H3;/q4*-1;+4. The third-order valence-electron chi connectivity index (χ3n) is 2.44. The van der Waals surface area contributed by atoms with Gasteiger partial charge in [-0.25, -0.2) is 11.6 Å². The first-order chi connectivity index (χ1) is 10.3. The number of hydrogen-bond acceptors (Lipinski definition) is 0. The molecule has 0 N–H and O–H groups in total. The minimum atomic E-state index is 0. The van der Waals surface area contributed by atoms with Crippen molar-refractivity contribution in [1.29, 1.82) is 0 Å². The van der Waals surface area contributed by atoms with Crippen LogP contribution in [0.4, 0.5) is 0 Å². The number of allylic oxidation sites excluding steroid dienone is 4. The van der Waals surface area contributed by atoms with E-state index in [1.165, 1.54) is 5.57 Å². The molecule has 3 nitrogen and oxygen atoms in total. The van der Waals surface area contributed by atoms with Gasteiger partial charge in [-0.1, -0.05) is 48.0 Å². The summed E-state index contributed by atoms with van der Waals surface area (Å²) in [5.74, 6) is 0. The van der Waals surface area contributed by atoms with Gasteiger partial charge in [0.05, 0.1) is 0 Å². The van der Waals surface area contributed by atoms with E-state index in [4.69, 9.17) is 0 Å². The maximum absolute atomic E-state index is 3.74. The molecule has 0 atom stereocenters. The van der Waals surface area contributed by atoms with Crippen molar-refractivity contribution in [1.82, 2.24) is 0 Å². The Labute approximate surface area is 165 Å².